The molecule has 1 aliphatic carbocycles. The fourth-order valence-corrected chi connectivity index (χ4v) is 1.40. The van der Waals surface area contributed by atoms with Gasteiger partial charge in [-0.1, -0.05) is 34.2 Å². The fraction of sp³-hybridized carbons (Fsp3) is 0.333. The van der Waals surface area contributed by atoms with Crippen molar-refractivity contribution >= 4 is 23.0 Å². The van der Waals surface area contributed by atoms with Gasteiger partial charge in [0.1, 0.15) is 0 Å². The van der Waals surface area contributed by atoms with Gasteiger partial charge in [0.2, 0.25) is 0 Å². The van der Waals surface area contributed by atoms with Crippen LogP contribution in [-0.4, -0.2) is 17.2 Å². The summed E-state index contributed by atoms with van der Waals surface area (Å²) in [6.45, 7) is 0. The van der Waals surface area contributed by atoms with Crippen molar-refractivity contribution in [3.8, 4) is 0 Å². The first-order valence-corrected chi connectivity index (χ1v) is 3.88. The van der Waals surface area contributed by atoms with E-state index in [0.29, 0.717) is 6.42 Å². The molecule has 0 aromatic rings. The lowest BCUT2D eigenvalue weighted by Crippen LogP contribution is -2.19. The fourth-order valence-electron chi connectivity index (χ4n) is 0.869. The third kappa shape index (κ3) is 1.97. The first-order chi connectivity index (χ1) is 4.70. The van der Waals surface area contributed by atoms with Crippen molar-refractivity contribution in [2.75, 3.05) is 0 Å². The predicted octanol–water partition coefficient (Wildman–Crippen LogP) is 1.07. The van der Waals surface area contributed by atoms with Gasteiger partial charge in [-0.2, -0.15) is 0 Å². The molecular formula is C6H8BBrO2. The van der Waals surface area contributed by atoms with Crippen LogP contribution in [0.15, 0.2) is 22.7 Å². The van der Waals surface area contributed by atoms with Gasteiger partial charge in [0.25, 0.3) is 0 Å². The second-order valence-electron chi connectivity index (χ2n) is 2.28. The Morgan fingerprint density at radius 3 is 2.70 bits per heavy atom. The van der Waals surface area contributed by atoms with E-state index in [1.807, 2.05) is 12.2 Å². The second kappa shape index (κ2) is 3.37. The molecule has 54 valence electrons. The SMILES string of the molecule is OB(O)C1C=CC=C(Br)C1. The lowest BCUT2D eigenvalue weighted by Gasteiger charge is -2.12. The zero-order valence-electron chi connectivity index (χ0n) is 5.37. The molecule has 0 spiro atoms. The maximum Gasteiger partial charge on any atom is 0.459 e. The lowest BCUT2D eigenvalue weighted by atomic mass is 9.70. The van der Waals surface area contributed by atoms with E-state index in [4.69, 9.17) is 10.0 Å². The number of hydrogen-bond donors (Lipinski definition) is 2. The molecule has 0 radical (unpaired) electrons. The molecule has 1 atom stereocenters. The van der Waals surface area contributed by atoms with E-state index in [1.165, 1.54) is 0 Å². The molecule has 0 aromatic carbocycles. The maximum atomic E-state index is 8.75. The molecule has 0 bridgehead atoms. The monoisotopic (exact) mass is 202 g/mol. The Bertz CT molecular complexity index is 177. The average Bonchev–Trinajstić information content (AvgIpc) is 1.88. The van der Waals surface area contributed by atoms with Gasteiger partial charge in [-0.05, 0) is 10.9 Å². The largest absolute Gasteiger partial charge is 0.459 e. The van der Waals surface area contributed by atoms with Gasteiger partial charge in [0, 0.05) is 5.82 Å². The minimum absolute atomic E-state index is 0.153. The maximum absolute atomic E-state index is 8.75. The average molecular weight is 203 g/mol. The smallest absolute Gasteiger partial charge is 0.427 e. The summed E-state index contributed by atoms with van der Waals surface area (Å²) in [5.74, 6) is -0.153. The van der Waals surface area contributed by atoms with Crippen molar-refractivity contribution in [3.05, 3.63) is 22.7 Å². The number of rotatable bonds is 1. The molecule has 1 unspecified atom stereocenters. The van der Waals surface area contributed by atoms with Gasteiger partial charge in [0.15, 0.2) is 0 Å². The molecule has 10 heavy (non-hydrogen) atoms. The molecule has 0 saturated heterocycles. The molecule has 0 aliphatic heterocycles. The van der Waals surface area contributed by atoms with Crippen molar-refractivity contribution in [2.24, 2.45) is 0 Å². The Hall–Kier alpha value is -0.0551. The van der Waals surface area contributed by atoms with Crippen LogP contribution in [0.25, 0.3) is 0 Å². The summed E-state index contributed by atoms with van der Waals surface area (Å²) in [5, 5.41) is 17.5. The highest BCUT2D eigenvalue weighted by Crippen LogP contribution is 2.27. The molecule has 4 heteroatoms. The van der Waals surface area contributed by atoms with Crippen molar-refractivity contribution in [1.82, 2.24) is 0 Å². The zero-order chi connectivity index (χ0) is 7.56. The highest BCUT2D eigenvalue weighted by Gasteiger charge is 2.22. The number of allylic oxidation sites excluding steroid dienone is 4. The van der Waals surface area contributed by atoms with Gasteiger partial charge >= 0.3 is 7.12 Å². The van der Waals surface area contributed by atoms with E-state index in [1.54, 1.807) is 6.08 Å². The van der Waals surface area contributed by atoms with Crippen LogP contribution in [0.5, 0.6) is 0 Å². The second-order valence-corrected chi connectivity index (χ2v) is 3.30. The minimum atomic E-state index is -1.24. The van der Waals surface area contributed by atoms with E-state index < -0.39 is 7.12 Å². The van der Waals surface area contributed by atoms with Crippen LogP contribution in [-0.2, 0) is 0 Å². The van der Waals surface area contributed by atoms with Crippen LogP contribution in [0.1, 0.15) is 6.42 Å². The Balaban J connectivity index is 2.55. The van der Waals surface area contributed by atoms with E-state index in [2.05, 4.69) is 15.9 Å². The first kappa shape index (κ1) is 8.05. The quantitative estimate of drug-likeness (QED) is 0.625. The van der Waals surface area contributed by atoms with Gasteiger partial charge in [-0.15, -0.1) is 0 Å². The summed E-state index contributed by atoms with van der Waals surface area (Å²) in [7, 11) is -1.24. The standard InChI is InChI=1S/C6H8BBrO2/c8-6-3-1-2-5(4-6)7(9)10/h1-3,5,9-10H,4H2. The van der Waals surface area contributed by atoms with Crippen LogP contribution < -0.4 is 0 Å². The van der Waals surface area contributed by atoms with Crippen molar-refractivity contribution in [3.63, 3.8) is 0 Å². The minimum Gasteiger partial charge on any atom is -0.427 e. The molecular weight excluding hydrogens is 195 g/mol. The van der Waals surface area contributed by atoms with Crippen LogP contribution in [0.4, 0.5) is 0 Å². The summed E-state index contributed by atoms with van der Waals surface area (Å²) in [6.07, 6.45) is 6.18. The molecule has 1 aliphatic rings. The zero-order valence-corrected chi connectivity index (χ0v) is 6.95. The van der Waals surface area contributed by atoms with Crippen LogP contribution in [0, 0.1) is 0 Å². The Morgan fingerprint density at radius 2 is 2.30 bits per heavy atom. The molecule has 1 rings (SSSR count). The third-order valence-electron chi connectivity index (χ3n) is 1.45. The van der Waals surface area contributed by atoms with Crippen LogP contribution in [0.3, 0.4) is 0 Å². The molecule has 2 nitrogen and oxygen atoms in total. The van der Waals surface area contributed by atoms with Crippen LogP contribution >= 0.6 is 15.9 Å². The summed E-state index contributed by atoms with van der Waals surface area (Å²) in [6, 6.07) is 0. The molecule has 0 amide bonds. The van der Waals surface area contributed by atoms with E-state index >= 15 is 0 Å². The van der Waals surface area contributed by atoms with E-state index in [-0.39, 0.29) is 5.82 Å². The van der Waals surface area contributed by atoms with Crippen LogP contribution in [0.2, 0.25) is 5.82 Å². The van der Waals surface area contributed by atoms with E-state index in [0.717, 1.165) is 4.48 Å². The number of halogens is 1. The summed E-state index contributed by atoms with van der Waals surface area (Å²) in [4.78, 5) is 0. The lowest BCUT2D eigenvalue weighted by molar-refractivity contribution is 0.394. The van der Waals surface area contributed by atoms with Gasteiger partial charge in [-0.25, -0.2) is 0 Å². The Kier molecular flexibility index (Phi) is 2.71. The highest BCUT2D eigenvalue weighted by molar-refractivity contribution is 9.11. The first-order valence-electron chi connectivity index (χ1n) is 3.09. The summed E-state index contributed by atoms with van der Waals surface area (Å²) >= 11 is 3.28. The normalized spacial score (nSPS) is 24.3. The molecule has 0 fully saturated rings. The predicted molar refractivity (Wildman–Crippen MR) is 44.7 cm³/mol. The Labute approximate surface area is 68.5 Å². The van der Waals surface area contributed by atoms with Crippen molar-refractivity contribution in [2.45, 2.75) is 12.2 Å². The number of hydrogen-bond acceptors (Lipinski definition) is 2. The van der Waals surface area contributed by atoms with Crippen molar-refractivity contribution in [1.29, 1.82) is 0 Å². The summed E-state index contributed by atoms with van der Waals surface area (Å²) < 4.78 is 1.01. The molecule has 0 aromatic heterocycles. The van der Waals surface area contributed by atoms with E-state index in [9.17, 15) is 0 Å². The molecule has 0 heterocycles. The van der Waals surface area contributed by atoms with Gasteiger partial charge in [0.05, 0.1) is 0 Å². The third-order valence-corrected chi connectivity index (χ3v) is 2.04. The Morgan fingerprint density at radius 1 is 1.60 bits per heavy atom. The molecule has 2 N–H and O–H groups in total. The van der Waals surface area contributed by atoms with Gasteiger partial charge < -0.3 is 10.0 Å². The van der Waals surface area contributed by atoms with Crippen molar-refractivity contribution < 1.29 is 10.0 Å². The highest BCUT2D eigenvalue weighted by atomic mass is 79.9. The topological polar surface area (TPSA) is 40.5 Å². The van der Waals surface area contributed by atoms with Gasteiger partial charge in [-0.3, -0.25) is 0 Å². The molecule has 0 saturated carbocycles. The summed E-state index contributed by atoms with van der Waals surface area (Å²) in [5.41, 5.74) is 0.